The van der Waals surface area contributed by atoms with Crippen molar-refractivity contribution in [2.75, 3.05) is 13.1 Å². The van der Waals surface area contributed by atoms with E-state index in [1.54, 1.807) is 0 Å². The van der Waals surface area contributed by atoms with Crippen LogP contribution in [0, 0.1) is 5.41 Å². The summed E-state index contributed by atoms with van der Waals surface area (Å²) >= 11 is 0. The van der Waals surface area contributed by atoms with Gasteiger partial charge in [0.25, 0.3) is 0 Å². The molecule has 0 spiro atoms. The van der Waals surface area contributed by atoms with Crippen LogP contribution in [-0.4, -0.2) is 18.9 Å². The molecule has 0 radical (unpaired) electrons. The average Bonchev–Trinajstić information content (AvgIpc) is 2.29. The molecule has 1 fully saturated rings. The van der Waals surface area contributed by atoms with Crippen molar-refractivity contribution in [3.05, 3.63) is 0 Å². The Labute approximate surface area is 93.6 Å². The molecular weight excluding hydrogens is 184 g/mol. The summed E-state index contributed by atoms with van der Waals surface area (Å²) in [6.45, 7) is 4.62. The first kappa shape index (κ1) is 11.0. The van der Waals surface area contributed by atoms with Gasteiger partial charge in [-0.1, -0.05) is 26.2 Å². The van der Waals surface area contributed by atoms with E-state index in [0.29, 0.717) is 5.41 Å². The van der Waals surface area contributed by atoms with Crippen LogP contribution in [-0.2, 0) is 0 Å². The fourth-order valence-corrected chi connectivity index (χ4v) is 2.74. The third kappa shape index (κ3) is 3.22. The standard InChI is InChI=1S/C13H24N2/c1-13(8-4-2-5-9-13)11-15-12-7-3-6-10-14-12/h2-11H2,1H3,(H,14,15). The largest absolute Gasteiger partial charge is 0.373 e. The number of rotatable bonds is 2. The van der Waals surface area contributed by atoms with E-state index in [1.165, 1.54) is 57.2 Å². The van der Waals surface area contributed by atoms with Crippen LogP contribution in [0.4, 0.5) is 0 Å². The zero-order chi connectivity index (χ0) is 10.6. The highest BCUT2D eigenvalue weighted by atomic mass is 15.0. The van der Waals surface area contributed by atoms with Crippen LogP contribution in [0.3, 0.4) is 0 Å². The summed E-state index contributed by atoms with van der Waals surface area (Å²) in [4.78, 5) is 4.55. The first-order chi connectivity index (χ1) is 7.29. The van der Waals surface area contributed by atoms with Crippen molar-refractivity contribution >= 4 is 5.84 Å². The molecule has 2 nitrogen and oxygen atoms in total. The van der Waals surface area contributed by atoms with Crippen molar-refractivity contribution in [2.24, 2.45) is 10.4 Å². The van der Waals surface area contributed by atoms with Gasteiger partial charge in [0.05, 0.1) is 5.84 Å². The van der Waals surface area contributed by atoms with Crippen molar-refractivity contribution in [1.29, 1.82) is 0 Å². The molecule has 1 aliphatic heterocycles. The van der Waals surface area contributed by atoms with Crippen LogP contribution in [0.1, 0.15) is 58.3 Å². The van der Waals surface area contributed by atoms with E-state index >= 15 is 0 Å². The SMILES string of the molecule is CC1(CNC2=NCCCC2)CCCCC1. The first-order valence-corrected chi connectivity index (χ1v) is 6.56. The van der Waals surface area contributed by atoms with Gasteiger partial charge in [-0.3, -0.25) is 4.99 Å². The minimum absolute atomic E-state index is 0.540. The number of amidine groups is 1. The molecule has 1 saturated carbocycles. The van der Waals surface area contributed by atoms with E-state index in [-0.39, 0.29) is 0 Å². The molecule has 15 heavy (non-hydrogen) atoms. The molecule has 1 heterocycles. The molecule has 0 atom stereocenters. The second-order valence-corrected chi connectivity index (χ2v) is 5.51. The minimum Gasteiger partial charge on any atom is -0.373 e. The minimum atomic E-state index is 0.540. The van der Waals surface area contributed by atoms with Gasteiger partial charge in [-0.05, 0) is 31.1 Å². The van der Waals surface area contributed by atoms with Gasteiger partial charge in [0.15, 0.2) is 0 Å². The average molecular weight is 208 g/mol. The molecule has 2 heteroatoms. The van der Waals surface area contributed by atoms with E-state index in [9.17, 15) is 0 Å². The van der Waals surface area contributed by atoms with Crippen LogP contribution in [0.2, 0.25) is 0 Å². The van der Waals surface area contributed by atoms with Crippen LogP contribution >= 0.6 is 0 Å². The maximum Gasteiger partial charge on any atom is 0.0963 e. The fraction of sp³-hybridized carbons (Fsp3) is 0.923. The van der Waals surface area contributed by atoms with Gasteiger partial charge in [0, 0.05) is 19.5 Å². The molecule has 0 unspecified atom stereocenters. The second kappa shape index (κ2) is 5.00. The second-order valence-electron chi connectivity index (χ2n) is 5.51. The van der Waals surface area contributed by atoms with Gasteiger partial charge in [0.2, 0.25) is 0 Å². The predicted octanol–water partition coefficient (Wildman–Crippen LogP) is 3.13. The molecule has 0 bridgehead atoms. The summed E-state index contributed by atoms with van der Waals surface area (Å²) in [6, 6.07) is 0. The molecule has 0 aromatic heterocycles. The molecule has 0 aromatic carbocycles. The highest BCUT2D eigenvalue weighted by Crippen LogP contribution is 2.34. The predicted molar refractivity (Wildman–Crippen MR) is 65.3 cm³/mol. The first-order valence-electron chi connectivity index (χ1n) is 6.56. The third-order valence-corrected chi connectivity index (χ3v) is 3.90. The lowest BCUT2D eigenvalue weighted by Gasteiger charge is -2.34. The molecule has 1 aliphatic carbocycles. The van der Waals surface area contributed by atoms with Gasteiger partial charge < -0.3 is 5.32 Å². The van der Waals surface area contributed by atoms with Crippen molar-refractivity contribution in [1.82, 2.24) is 5.32 Å². The summed E-state index contributed by atoms with van der Waals surface area (Å²) in [7, 11) is 0. The van der Waals surface area contributed by atoms with Crippen molar-refractivity contribution in [3.63, 3.8) is 0 Å². The van der Waals surface area contributed by atoms with E-state index in [1.807, 2.05) is 0 Å². The number of nitrogens with one attached hydrogen (secondary N) is 1. The molecule has 86 valence electrons. The summed E-state index contributed by atoms with van der Waals surface area (Å²) in [6.07, 6.45) is 10.9. The van der Waals surface area contributed by atoms with Gasteiger partial charge >= 0.3 is 0 Å². The normalized spacial score (nSPS) is 25.8. The number of hydrogen-bond donors (Lipinski definition) is 1. The summed E-state index contributed by atoms with van der Waals surface area (Å²) in [5.41, 5.74) is 0.540. The van der Waals surface area contributed by atoms with Crippen LogP contribution in [0.15, 0.2) is 4.99 Å². The summed E-state index contributed by atoms with van der Waals surface area (Å²) < 4.78 is 0. The zero-order valence-corrected chi connectivity index (χ0v) is 10.0. The lowest BCUT2D eigenvalue weighted by molar-refractivity contribution is 0.217. The summed E-state index contributed by atoms with van der Waals surface area (Å²) in [5, 5.41) is 3.58. The number of aliphatic imine (C=N–C) groups is 1. The Balaban J connectivity index is 1.78. The maximum absolute atomic E-state index is 4.55. The highest BCUT2D eigenvalue weighted by molar-refractivity contribution is 5.82. The lowest BCUT2D eigenvalue weighted by atomic mass is 9.76. The Morgan fingerprint density at radius 3 is 2.60 bits per heavy atom. The van der Waals surface area contributed by atoms with Gasteiger partial charge in [-0.2, -0.15) is 0 Å². The zero-order valence-electron chi connectivity index (χ0n) is 10.0. The quantitative estimate of drug-likeness (QED) is 0.741. The molecule has 0 amide bonds. The van der Waals surface area contributed by atoms with E-state index in [4.69, 9.17) is 0 Å². The molecule has 2 rings (SSSR count). The van der Waals surface area contributed by atoms with E-state index in [2.05, 4.69) is 17.2 Å². The van der Waals surface area contributed by atoms with E-state index < -0.39 is 0 Å². The molecule has 2 aliphatic rings. The fourth-order valence-electron chi connectivity index (χ4n) is 2.74. The lowest BCUT2D eigenvalue weighted by Crippen LogP contribution is -2.37. The number of hydrogen-bond acceptors (Lipinski definition) is 2. The Kier molecular flexibility index (Phi) is 3.66. The van der Waals surface area contributed by atoms with Crippen LogP contribution in [0.25, 0.3) is 0 Å². The number of nitrogens with zero attached hydrogens (tertiary/aromatic N) is 1. The van der Waals surface area contributed by atoms with Crippen molar-refractivity contribution in [2.45, 2.75) is 58.3 Å². The molecule has 1 N–H and O–H groups in total. The Bertz CT molecular complexity index is 227. The van der Waals surface area contributed by atoms with Gasteiger partial charge in [-0.15, -0.1) is 0 Å². The Morgan fingerprint density at radius 2 is 1.93 bits per heavy atom. The molecular formula is C13H24N2. The summed E-state index contributed by atoms with van der Waals surface area (Å²) in [5.74, 6) is 1.27. The van der Waals surface area contributed by atoms with Crippen LogP contribution < -0.4 is 5.32 Å². The topological polar surface area (TPSA) is 24.4 Å². The monoisotopic (exact) mass is 208 g/mol. The van der Waals surface area contributed by atoms with Gasteiger partial charge in [0.1, 0.15) is 0 Å². The Morgan fingerprint density at radius 1 is 1.13 bits per heavy atom. The van der Waals surface area contributed by atoms with E-state index in [0.717, 1.165) is 13.1 Å². The third-order valence-electron chi connectivity index (χ3n) is 3.90. The highest BCUT2D eigenvalue weighted by Gasteiger charge is 2.26. The molecule has 0 saturated heterocycles. The maximum atomic E-state index is 4.55. The Hall–Kier alpha value is -0.530. The van der Waals surface area contributed by atoms with Crippen molar-refractivity contribution in [3.8, 4) is 0 Å². The van der Waals surface area contributed by atoms with Crippen LogP contribution in [0.5, 0.6) is 0 Å². The smallest absolute Gasteiger partial charge is 0.0963 e. The van der Waals surface area contributed by atoms with Crippen molar-refractivity contribution < 1.29 is 0 Å². The van der Waals surface area contributed by atoms with Gasteiger partial charge in [-0.25, -0.2) is 0 Å². The molecule has 0 aromatic rings.